The fourth-order valence-corrected chi connectivity index (χ4v) is 3.07. The van der Waals surface area contributed by atoms with Crippen LogP contribution in [-0.4, -0.2) is 18.2 Å². The molecule has 0 bridgehead atoms. The van der Waals surface area contributed by atoms with Gasteiger partial charge in [-0.1, -0.05) is 12.8 Å². The number of carboxylic acids is 1. The Bertz CT molecular complexity index is 453. The van der Waals surface area contributed by atoms with Crippen LogP contribution in [0.1, 0.15) is 43.6 Å². The van der Waals surface area contributed by atoms with Crippen LogP contribution in [0.15, 0.2) is 18.2 Å². The second-order valence-corrected chi connectivity index (χ2v) is 5.14. The van der Waals surface area contributed by atoms with Gasteiger partial charge in [0.25, 0.3) is 0 Å². The molecule has 0 amide bonds. The van der Waals surface area contributed by atoms with Gasteiger partial charge in [-0.3, -0.25) is 4.79 Å². The Morgan fingerprint density at radius 2 is 2.16 bits per heavy atom. The molecule has 0 radical (unpaired) electrons. The van der Waals surface area contributed by atoms with Gasteiger partial charge >= 0.3 is 5.97 Å². The summed E-state index contributed by atoms with van der Waals surface area (Å²) in [5.74, 6) is -0.454. The molecule has 1 atom stereocenters. The number of methoxy groups -OCH3 is 1. The molecule has 1 aliphatic rings. The monoisotopic (exact) mass is 266 g/mol. The summed E-state index contributed by atoms with van der Waals surface area (Å²) in [6, 6.07) is 4.34. The molecule has 3 nitrogen and oxygen atoms in total. The van der Waals surface area contributed by atoms with E-state index in [9.17, 15) is 9.18 Å². The third kappa shape index (κ3) is 3.25. The van der Waals surface area contributed by atoms with Crippen LogP contribution in [-0.2, 0) is 4.79 Å². The normalized spacial score (nSPS) is 17.4. The number of benzene rings is 1. The van der Waals surface area contributed by atoms with Crippen molar-refractivity contribution in [3.8, 4) is 5.75 Å². The molecule has 19 heavy (non-hydrogen) atoms. The van der Waals surface area contributed by atoms with Crippen molar-refractivity contribution in [3.63, 3.8) is 0 Å². The summed E-state index contributed by atoms with van der Waals surface area (Å²) in [6.07, 6.45) is 4.30. The van der Waals surface area contributed by atoms with Crippen molar-refractivity contribution in [2.24, 2.45) is 5.92 Å². The molecule has 4 heteroatoms. The molecule has 104 valence electrons. The van der Waals surface area contributed by atoms with E-state index in [2.05, 4.69) is 0 Å². The molecule has 0 saturated heterocycles. The zero-order valence-electron chi connectivity index (χ0n) is 11.1. The highest BCUT2D eigenvalue weighted by atomic mass is 19.1. The maximum Gasteiger partial charge on any atom is 0.303 e. The first-order valence-corrected chi connectivity index (χ1v) is 6.67. The van der Waals surface area contributed by atoms with Gasteiger partial charge in [-0.05, 0) is 37.0 Å². The lowest BCUT2D eigenvalue weighted by molar-refractivity contribution is -0.137. The Labute approximate surface area is 112 Å². The van der Waals surface area contributed by atoms with Crippen molar-refractivity contribution in [2.75, 3.05) is 7.11 Å². The van der Waals surface area contributed by atoms with E-state index in [4.69, 9.17) is 9.84 Å². The van der Waals surface area contributed by atoms with Crippen LogP contribution in [0, 0.1) is 11.7 Å². The number of aliphatic carboxylic acids is 1. The number of hydrogen-bond donors (Lipinski definition) is 1. The summed E-state index contributed by atoms with van der Waals surface area (Å²) < 4.78 is 18.7. The minimum Gasteiger partial charge on any atom is -0.496 e. The van der Waals surface area contributed by atoms with Crippen molar-refractivity contribution >= 4 is 5.97 Å². The fourth-order valence-electron chi connectivity index (χ4n) is 3.07. The van der Waals surface area contributed by atoms with Crippen molar-refractivity contribution in [1.29, 1.82) is 0 Å². The highest BCUT2D eigenvalue weighted by Gasteiger charge is 2.30. The molecular formula is C15H19FO3. The molecule has 0 heterocycles. The second kappa shape index (κ2) is 6.04. The van der Waals surface area contributed by atoms with Crippen LogP contribution >= 0.6 is 0 Å². The Morgan fingerprint density at radius 1 is 1.47 bits per heavy atom. The summed E-state index contributed by atoms with van der Waals surface area (Å²) in [5, 5.41) is 9.10. The number of ether oxygens (including phenoxy) is 1. The first-order chi connectivity index (χ1) is 9.11. The summed E-state index contributed by atoms with van der Waals surface area (Å²) in [5.41, 5.74) is 0.691. The molecule has 1 aromatic carbocycles. The molecular weight excluding hydrogens is 247 g/mol. The predicted octanol–water partition coefficient (Wildman–Crippen LogP) is 3.58. The van der Waals surface area contributed by atoms with Crippen LogP contribution < -0.4 is 4.74 Å². The SMILES string of the molecule is COc1ccc(F)cc1C(CC(=O)O)C1CCCC1. The summed E-state index contributed by atoms with van der Waals surface area (Å²) in [7, 11) is 1.53. The van der Waals surface area contributed by atoms with Crippen molar-refractivity contribution in [3.05, 3.63) is 29.6 Å². The standard InChI is InChI=1S/C15H19FO3/c1-19-14-7-6-11(16)8-13(14)12(9-15(17)18)10-4-2-3-5-10/h6-8,10,12H,2-5,9H2,1H3,(H,17,18). The topological polar surface area (TPSA) is 46.5 Å². The van der Waals surface area contributed by atoms with E-state index < -0.39 is 5.97 Å². The lowest BCUT2D eigenvalue weighted by atomic mass is 9.82. The zero-order valence-corrected chi connectivity index (χ0v) is 11.1. The number of halogens is 1. The summed E-state index contributed by atoms with van der Waals surface area (Å²) in [6.45, 7) is 0. The zero-order chi connectivity index (χ0) is 13.8. The molecule has 2 rings (SSSR count). The Hall–Kier alpha value is -1.58. The van der Waals surface area contributed by atoms with Crippen molar-refractivity contribution in [1.82, 2.24) is 0 Å². The average molecular weight is 266 g/mol. The van der Waals surface area contributed by atoms with Crippen LogP contribution in [0.3, 0.4) is 0 Å². The highest BCUT2D eigenvalue weighted by Crippen LogP contribution is 2.42. The van der Waals surface area contributed by atoms with E-state index in [-0.39, 0.29) is 18.2 Å². The molecule has 0 spiro atoms. The molecule has 1 fully saturated rings. The van der Waals surface area contributed by atoms with Gasteiger partial charge in [0, 0.05) is 11.5 Å². The van der Waals surface area contributed by atoms with E-state index in [1.54, 1.807) is 6.07 Å². The van der Waals surface area contributed by atoms with E-state index in [1.807, 2.05) is 0 Å². The van der Waals surface area contributed by atoms with Crippen LogP contribution in [0.25, 0.3) is 0 Å². The van der Waals surface area contributed by atoms with Crippen molar-refractivity contribution < 1.29 is 19.0 Å². The molecule has 1 N–H and O–H groups in total. The summed E-state index contributed by atoms with van der Waals surface area (Å²) >= 11 is 0. The minimum atomic E-state index is -0.844. The second-order valence-electron chi connectivity index (χ2n) is 5.14. The van der Waals surface area contributed by atoms with Crippen LogP contribution in [0.5, 0.6) is 5.75 Å². The van der Waals surface area contributed by atoms with E-state index in [1.165, 1.54) is 19.2 Å². The van der Waals surface area contributed by atoms with Gasteiger partial charge in [0.1, 0.15) is 11.6 Å². The molecule has 0 aliphatic heterocycles. The number of carbonyl (C=O) groups is 1. The van der Waals surface area contributed by atoms with Gasteiger partial charge in [0.05, 0.1) is 13.5 Å². The van der Waals surface area contributed by atoms with Gasteiger partial charge in [0.15, 0.2) is 0 Å². The van der Waals surface area contributed by atoms with E-state index in [0.717, 1.165) is 25.7 Å². The molecule has 1 aromatic rings. The van der Waals surface area contributed by atoms with Gasteiger partial charge in [0.2, 0.25) is 0 Å². The first-order valence-electron chi connectivity index (χ1n) is 6.67. The fraction of sp³-hybridized carbons (Fsp3) is 0.533. The van der Waals surface area contributed by atoms with E-state index in [0.29, 0.717) is 17.2 Å². The molecule has 1 saturated carbocycles. The molecule has 0 aromatic heterocycles. The maximum absolute atomic E-state index is 13.5. The Balaban J connectivity index is 2.35. The average Bonchev–Trinajstić information content (AvgIpc) is 2.89. The third-order valence-corrected chi connectivity index (χ3v) is 3.95. The molecule has 1 aliphatic carbocycles. The lowest BCUT2D eigenvalue weighted by Crippen LogP contribution is -2.15. The van der Waals surface area contributed by atoms with Crippen molar-refractivity contribution in [2.45, 2.75) is 38.0 Å². The van der Waals surface area contributed by atoms with Crippen LogP contribution in [0.4, 0.5) is 4.39 Å². The van der Waals surface area contributed by atoms with Crippen LogP contribution in [0.2, 0.25) is 0 Å². The maximum atomic E-state index is 13.5. The Kier molecular flexibility index (Phi) is 4.40. The van der Waals surface area contributed by atoms with Gasteiger partial charge in [-0.15, -0.1) is 0 Å². The number of carboxylic acid groups (broad SMARTS) is 1. The quantitative estimate of drug-likeness (QED) is 0.886. The number of rotatable bonds is 5. The predicted molar refractivity (Wildman–Crippen MR) is 69.9 cm³/mol. The number of hydrogen-bond acceptors (Lipinski definition) is 2. The lowest BCUT2D eigenvalue weighted by Gasteiger charge is -2.24. The molecule has 1 unspecified atom stereocenters. The van der Waals surface area contributed by atoms with Gasteiger partial charge in [-0.2, -0.15) is 0 Å². The largest absolute Gasteiger partial charge is 0.496 e. The first kappa shape index (κ1) is 13.8. The van der Waals surface area contributed by atoms with Gasteiger partial charge in [-0.25, -0.2) is 4.39 Å². The minimum absolute atomic E-state index is 0.0322. The smallest absolute Gasteiger partial charge is 0.303 e. The van der Waals surface area contributed by atoms with E-state index >= 15 is 0 Å². The Morgan fingerprint density at radius 3 is 2.74 bits per heavy atom. The van der Waals surface area contributed by atoms with Gasteiger partial charge < -0.3 is 9.84 Å². The third-order valence-electron chi connectivity index (χ3n) is 3.95. The summed E-state index contributed by atoms with van der Waals surface area (Å²) in [4.78, 5) is 11.1. The highest BCUT2D eigenvalue weighted by molar-refractivity contribution is 5.68.